The van der Waals surface area contributed by atoms with Gasteiger partial charge in [-0.25, -0.2) is 0 Å². The van der Waals surface area contributed by atoms with Crippen LogP contribution in [0.15, 0.2) is 0 Å². The molecule has 1 heterocycles. The molecule has 0 saturated carbocycles. The Kier molecular flexibility index (Phi) is 7.77. The molecular formula is C10H21NO4. The lowest BCUT2D eigenvalue weighted by atomic mass is 10.4. The van der Waals surface area contributed by atoms with Gasteiger partial charge in [-0.1, -0.05) is 0 Å². The number of methoxy groups -OCH3 is 1. The summed E-state index contributed by atoms with van der Waals surface area (Å²) in [4.78, 5) is 2.33. The van der Waals surface area contributed by atoms with Crippen molar-refractivity contribution in [2.75, 3.05) is 66.6 Å². The van der Waals surface area contributed by atoms with E-state index in [-0.39, 0.29) is 0 Å². The molecule has 1 aliphatic rings. The van der Waals surface area contributed by atoms with Crippen LogP contribution >= 0.6 is 0 Å². The largest absolute Gasteiger partial charge is 0.382 e. The highest BCUT2D eigenvalue weighted by atomic mass is 16.7. The van der Waals surface area contributed by atoms with Crippen LogP contribution in [0.25, 0.3) is 0 Å². The van der Waals surface area contributed by atoms with Crippen molar-refractivity contribution in [2.45, 2.75) is 0 Å². The molecule has 1 aliphatic heterocycles. The van der Waals surface area contributed by atoms with Crippen molar-refractivity contribution in [3.05, 3.63) is 0 Å². The van der Waals surface area contributed by atoms with Crippen LogP contribution in [0.5, 0.6) is 0 Å². The van der Waals surface area contributed by atoms with E-state index in [0.717, 1.165) is 32.8 Å². The van der Waals surface area contributed by atoms with Crippen LogP contribution in [0.4, 0.5) is 0 Å². The van der Waals surface area contributed by atoms with E-state index < -0.39 is 0 Å². The number of nitrogens with zero attached hydrogens (tertiary/aromatic N) is 1. The Morgan fingerprint density at radius 1 is 1.07 bits per heavy atom. The molecule has 90 valence electrons. The maximum absolute atomic E-state index is 5.32. The molecule has 0 unspecified atom stereocenters. The van der Waals surface area contributed by atoms with Crippen LogP contribution in [-0.4, -0.2) is 71.5 Å². The lowest BCUT2D eigenvalue weighted by Crippen LogP contribution is -2.38. The lowest BCUT2D eigenvalue weighted by Gasteiger charge is -2.26. The standard InChI is InChI=1S/C10H21NO4/c1-12-8-9-15-10-14-7-4-11-2-5-13-6-3-11/h2-10H2,1H3. The van der Waals surface area contributed by atoms with Gasteiger partial charge in [0.25, 0.3) is 0 Å². The minimum Gasteiger partial charge on any atom is -0.382 e. The van der Waals surface area contributed by atoms with Crippen molar-refractivity contribution in [2.24, 2.45) is 0 Å². The van der Waals surface area contributed by atoms with Gasteiger partial charge in [-0.15, -0.1) is 0 Å². The Balaban J connectivity index is 1.79. The maximum atomic E-state index is 5.32. The Bertz CT molecular complexity index is 139. The summed E-state index contributed by atoms with van der Waals surface area (Å²) in [5, 5.41) is 0. The second-order valence-corrected chi connectivity index (χ2v) is 3.38. The van der Waals surface area contributed by atoms with E-state index in [9.17, 15) is 0 Å². The number of morpholine rings is 1. The zero-order chi connectivity index (χ0) is 10.8. The van der Waals surface area contributed by atoms with Crippen LogP contribution in [0.1, 0.15) is 0 Å². The Labute approximate surface area is 91.2 Å². The van der Waals surface area contributed by atoms with Crippen LogP contribution in [0.2, 0.25) is 0 Å². The molecule has 1 saturated heterocycles. The summed E-state index contributed by atoms with van der Waals surface area (Å²) in [6.45, 7) is 6.93. The van der Waals surface area contributed by atoms with Crippen LogP contribution in [0, 0.1) is 0 Å². The monoisotopic (exact) mass is 219 g/mol. The molecule has 0 aromatic carbocycles. The van der Waals surface area contributed by atoms with Crippen molar-refractivity contribution < 1.29 is 18.9 Å². The Hall–Kier alpha value is -0.200. The third kappa shape index (κ3) is 6.81. The van der Waals surface area contributed by atoms with Gasteiger partial charge in [0.2, 0.25) is 0 Å². The van der Waals surface area contributed by atoms with Crippen molar-refractivity contribution in [1.82, 2.24) is 4.90 Å². The van der Waals surface area contributed by atoms with E-state index in [1.54, 1.807) is 7.11 Å². The van der Waals surface area contributed by atoms with Gasteiger partial charge in [-0.05, 0) is 0 Å². The fraction of sp³-hybridized carbons (Fsp3) is 1.00. The number of ether oxygens (including phenoxy) is 4. The molecular weight excluding hydrogens is 198 g/mol. The van der Waals surface area contributed by atoms with Gasteiger partial charge in [-0.3, -0.25) is 4.90 Å². The first-order valence-electron chi connectivity index (χ1n) is 5.38. The smallest absolute Gasteiger partial charge is 0.146 e. The van der Waals surface area contributed by atoms with Crippen molar-refractivity contribution in [3.63, 3.8) is 0 Å². The molecule has 5 nitrogen and oxygen atoms in total. The molecule has 0 atom stereocenters. The summed E-state index contributed by atoms with van der Waals surface area (Å²) in [5.41, 5.74) is 0. The van der Waals surface area contributed by atoms with Gasteiger partial charge >= 0.3 is 0 Å². The molecule has 0 bridgehead atoms. The van der Waals surface area contributed by atoms with Crippen molar-refractivity contribution in [1.29, 1.82) is 0 Å². The SMILES string of the molecule is COCCOCOCCN1CCOCC1. The zero-order valence-electron chi connectivity index (χ0n) is 9.44. The van der Waals surface area contributed by atoms with Crippen molar-refractivity contribution in [3.8, 4) is 0 Å². The second kappa shape index (κ2) is 9.06. The maximum Gasteiger partial charge on any atom is 0.146 e. The minimum atomic E-state index is 0.355. The average molecular weight is 219 g/mol. The summed E-state index contributed by atoms with van der Waals surface area (Å²) in [7, 11) is 1.66. The van der Waals surface area contributed by atoms with Crippen LogP contribution in [0.3, 0.4) is 0 Å². The van der Waals surface area contributed by atoms with Gasteiger partial charge in [-0.2, -0.15) is 0 Å². The number of hydrogen-bond acceptors (Lipinski definition) is 5. The van der Waals surface area contributed by atoms with E-state index in [0.29, 0.717) is 26.6 Å². The van der Waals surface area contributed by atoms with E-state index >= 15 is 0 Å². The molecule has 0 aromatic rings. The molecule has 1 rings (SSSR count). The van der Waals surface area contributed by atoms with E-state index in [4.69, 9.17) is 18.9 Å². The summed E-state index contributed by atoms with van der Waals surface area (Å²) in [6.07, 6.45) is 0. The fourth-order valence-electron chi connectivity index (χ4n) is 1.34. The highest BCUT2D eigenvalue weighted by molar-refractivity contribution is 4.60. The highest BCUT2D eigenvalue weighted by Crippen LogP contribution is 1.95. The lowest BCUT2D eigenvalue weighted by molar-refractivity contribution is -0.0733. The first-order chi connectivity index (χ1) is 7.43. The summed E-state index contributed by atoms with van der Waals surface area (Å²) in [5.74, 6) is 0. The molecule has 0 N–H and O–H groups in total. The van der Waals surface area contributed by atoms with E-state index in [2.05, 4.69) is 4.90 Å². The Morgan fingerprint density at radius 2 is 1.80 bits per heavy atom. The number of rotatable bonds is 8. The minimum absolute atomic E-state index is 0.355. The Morgan fingerprint density at radius 3 is 2.53 bits per heavy atom. The molecule has 0 aromatic heterocycles. The van der Waals surface area contributed by atoms with Crippen LogP contribution in [-0.2, 0) is 18.9 Å². The number of hydrogen-bond donors (Lipinski definition) is 0. The summed E-state index contributed by atoms with van der Waals surface area (Å²) in [6, 6.07) is 0. The second-order valence-electron chi connectivity index (χ2n) is 3.38. The van der Waals surface area contributed by atoms with Gasteiger partial charge in [0.1, 0.15) is 6.79 Å². The molecule has 0 spiro atoms. The molecule has 5 heteroatoms. The predicted molar refractivity (Wildman–Crippen MR) is 55.9 cm³/mol. The molecule has 1 fully saturated rings. The third-order valence-electron chi connectivity index (χ3n) is 2.25. The molecule has 15 heavy (non-hydrogen) atoms. The molecule has 0 radical (unpaired) electrons. The van der Waals surface area contributed by atoms with Gasteiger partial charge < -0.3 is 18.9 Å². The highest BCUT2D eigenvalue weighted by Gasteiger charge is 2.08. The van der Waals surface area contributed by atoms with Crippen LogP contribution < -0.4 is 0 Å². The fourth-order valence-corrected chi connectivity index (χ4v) is 1.34. The molecule has 0 amide bonds. The first kappa shape index (κ1) is 12.9. The predicted octanol–water partition coefficient (Wildman–Crippen LogP) is -0.0443. The normalized spacial score (nSPS) is 18.2. The van der Waals surface area contributed by atoms with Gasteiger partial charge in [0, 0.05) is 26.7 Å². The van der Waals surface area contributed by atoms with Gasteiger partial charge in [0.05, 0.1) is 33.0 Å². The third-order valence-corrected chi connectivity index (χ3v) is 2.25. The van der Waals surface area contributed by atoms with E-state index in [1.807, 2.05) is 0 Å². The summed E-state index contributed by atoms with van der Waals surface area (Å²) < 4.78 is 20.6. The topological polar surface area (TPSA) is 40.2 Å². The van der Waals surface area contributed by atoms with Crippen molar-refractivity contribution >= 4 is 0 Å². The first-order valence-corrected chi connectivity index (χ1v) is 5.38. The van der Waals surface area contributed by atoms with E-state index in [1.165, 1.54) is 0 Å². The average Bonchev–Trinajstić information content (AvgIpc) is 2.29. The quantitative estimate of drug-likeness (QED) is 0.423. The molecule has 0 aliphatic carbocycles. The zero-order valence-corrected chi connectivity index (χ0v) is 9.44. The van der Waals surface area contributed by atoms with Gasteiger partial charge in [0.15, 0.2) is 0 Å². The summed E-state index contributed by atoms with van der Waals surface area (Å²) >= 11 is 0.